The van der Waals surface area contributed by atoms with Crippen LogP contribution in [0.2, 0.25) is 5.02 Å². The lowest BCUT2D eigenvalue weighted by Crippen LogP contribution is -2.47. The van der Waals surface area contributed by atoms with E-state index < -0.39 is 6.36 Å². The summed E-state index contributed by atoms with van der Waals surface area (Å²) in [4.78, 5) is 12.4. The van der Waals surface area contributed by atoms with E-state index in [-0.39, 0.29) is 5.75 Å². The van der Waals surface area contributed by atoms with Crippen LogP contribution in [0, 0.1) is 0 Å². The number of alkyl halides is 3. The number of hydrogen-bond donors (Lipinski definition) is 0. The summed E-state index contributed by atoms with van der Waals surface area (Å²) < 4.78 is 40.3. The van der Waals surface area contributed by atoms with Crippen LogP contribution < -0.4 is 14.5 Å². The normalized spacial score (nSPS) is 15.5. The van der Waals surface area contributed by atoms with Gasteiger partial charge in [-0.2, -0.15) is 0 Å². The SMILES string of the molecule is FC(F)(F)Oc1ccc(N2CCN(c3ncccc3Cl)CC2)nc1. The summed E-state index contributed by atoms with van der Waals surface area (Å²) in [5, 5.41) is 0.595. The molecule has 0 aromatic carbocycles. The van der Waals surface area contributed by atoms with Crippen LogP contribution in [0.25, 0.3) is 0 Å². The van der Waals surface area contributed by atoms with Crippen molar-refractivity contribution in [2.45, 2.75) is 6.36 Å². The number of pyridine rings is 2. The van der Waals surface area contributed by atoms with Crippen LogP contribution >= 0.6 is 11.6 Å². The quantitative estimate of drug-likeness (QED) is 0.841. The molecule has 0 bridgehead atoms. The molecular formula is C15H14ClF3N4O. The zero-order valence-corrected chi connectivity index (χ0v) is 13.3. The van der Waals surface area contributed by atoms with Crippen molar-refractivity contribution in [2.24, 2.45) is 0 Å². The largest absolute Gasteiger partial charge is 0.573 e. The first-order valence-electron chi connectivity index (χ1n) is 7.24. The second-order valence-electron chi connectivity index (χ2n) is 5.18. The maximum Gasteiger partial charge on any atom is 0.573 e. The molecule has 1 saturated heterocycles. The summed E-state index contributed by atoms with van der Waals surface area (Å²) in [7, 11) is 0. The summed E-state index contributed by atoms with van der Waals surface area (Å²) in [6, 6.07) is 6.34. The second kappa shape index (κ2) is 6.72. The fourth-order valence-electron chi connectivity index (χ4n) is 2.51. The summed E-state index contributed by atoms with van der Waals surface area (Å²) in [6.45, 7) is 2.72. The van der Waals surface area contributed by atoms with Crippen molar-refractivity contribution in [3.8, 4) is 5.75 Å². The van der Waals surface area contributed by atoms with E-state index in [0.717, 1.165) is 12.0 Å². The van der Waals surface area contributed by atoms with Crippen molar-refractivity contribution >= 4 is 23.2 Å². The highest BCUT2D eigenvalue weighted by Gasteiger charge is 2.31. The first kappa shape index (κ1) is 16.6. The first-order chi connectivity index (χ1) is 11.4. The third-order valence-electron chi connectivity index (χ3n) is 3.60. The molecule has 0 N–H and O–H groups in total. The van der Waals surface area contributed by atoms with E-state index in [0.29, 0.717) is 37.0 Å². The number of halogens is 4. The smallest absolute Gasteiger partial charge is 0.404 e. The van der Waals surface area contributed by atoms with E-state index in [4.69, 9.17) is 11.6 Å². The van der Waals surface area contributed by atoms with Crippen molar-refractivity contribution in [3.63, 3.8) is 0 Å². The van der Waals surface area contributed by atoms with Crippen LogP contribution in [0.3, 0.4) is 0 Å². The molecule has 5 nitrogen and oxygen atoms in total. The highest BCUT2D eigenvalue weighted by Crippen LogP contribution is 2.26. The second-order valence-corrected chi connectivity index (χ2v) is 5.59. The third-order valence-corrected chi connectivity index (χ3v) is 3.89. The van der Waals surface area contributed by atoms with Crippen LogP contribution in [0.4, 0.5) is 24.8 Å². The number of hydrogen-bond acceptors (Lipinski definition) is 5. The van der Waals surface area contributed by atoms with E-state index >= 15 is 0 Å². The van der Waals surface area contributed by atoms with E-state index in [9.17, 15) is 13.2 Å². The monoisotopic (exact) mass is 358 g/mol. The molecule has 0 spiro atoms. The number of rotatable bonds is 3. The standard InChI is InChI=1S/C15H14ClF3N4O/c16-12-2-1-5-20-14(12)23-8-6-22(7-9-23)13-4-3-11(10-21-13)24-15(17,18)19/h1-5,10H,6-9H2. The number of ether oxygens (including phenoxy) is 1. The molecule has 1 fully saturated rings. The Morgan fingerprint density at radius 2 is 1.71 bits per heavy atom. The van der Waals surface area contributed by atoms with E-state index in [1.54, 1.807) is 18.3 Å². The van der Waals surface area contributed by atoms with Crippen LogP contribution in [0.5, 0.6) is 5.75 Å². The molecule has 24 heavy (non-hydrogen) atoms. The Hall–Kier alpha value is -2.22. The van der Waals surface area contributed by atoms with Crippen molar-refractivity contribution in [1.82, 2.24) is 9.97 Å². The summed E-state index contributed by atoms with van der Waals surface area (Å²) >= 11 is 6.15. The molecule has 3 heterocycles. The van der Waals surface area contributed by atoms with Gasteiger partial charge in [-0.05, 0) is 24.3 Å². The van der Waals surface area contributed by atoms with Crippen LogP contribution in [-0.2, 0) is 0 Å². The molecule has 3 rings (SSSR count). The topological polar surface area (TPSA) is 41.5 Å². The number of anilines is 2. The minimum absolute atomic E-state index is 0.329. The molecule has 2 aromatic heterocycles. The molecule has 0 saturated carbocycles. The molecular weight excluding hydrogens is 345 g/mol. The van der Waals surface area contributed by atoms with Crippen LogP contribution in [-0.4, -0.2) is 42.5 Å². The van der Waals surface area contributed by atoms with Crippen LogP contribution in [0.1, 0.15) is 0 Å². The van der Waals surface area contributed by atoms with Gasteiger partial charge in [0, 0.05) is 32.4 Å². The molecule has 0 unspecified atom stereocenters. The zero-order chi connectivity index (χ0) is 17.2. The van der Waals surface area contributed by atoms with E-state index in [1.165, 1.54) is 12.1 Å². The van der Waals surface area contributed by atoms with E-state index in [1.807, 2.05) is 4.90 Å². The van der Waals surface area contributed by atoms with Gasteiger partial charge in [0.15, 0.2) is 0 Å². The Morgan fingerprint density at radius 1 is 1.00 bits per heavy atom. The maximum absolute atomic E-state index is 12.2. The van der Waals surface area contributed by atoms with Gasteiger partial charge in [-0.25, -0.2) is 9.97 Å². The van der Waals surface area contributed by atoms with Gasteiger partial charge in [0.05, 0.1) is 11.2 Å². The fourth-order valence-corrected chi connectivity index (χ4v) is 2.75. The Balaban J connectivity index is 1.61. The van der Waals surface area contributed by atoms with Crippen molar-refractivity contribution < 1.29 is 17.9 Å². The number of aromatic nitrogens is 2. The van der Waals surface area contributed by atoms with Gasteiger partial charge in [0.25, 0.3) is 0 Å². The lowest BCUT2D eigenvalue weighted by atomic mass is 10.3. The Morgan fingerprint density at radius 3 is 2.29 bits per heavy atom. The predicted molar refractivity (Wildman–Crippen MR) is 84.6 cm³/mol. The molecule has 1 aliphatic heterocycles. The lowest BCUT2D eigenvalue weighted by Gasteiger charge is -2.36. The molecule has 128 valence electrons. The lowest BCUT2D eigenvalue weighted by molar-refractivity contribution is -0.274. The van der Waals surface area contributed by atoms with Gasteiger partial charge >= 0.3 is 6.36 Å². The van der Waals surface area contributed by atoms with E-state index in [2.05, 4.69) is 19.6 Å². The highest BCUT2D eigenvalue weighted by molar-refractivity contribution is 6.32. The summed E-state index contributed by atoms with van der Waals surface area (Å²) in [5.74, 6) is 1.02. The van der Waals surface area contributed by atoms with Gasteiger partial charge in [-0.15, -0.1) is 13.2 Å². The molecule has 1 aliphatic rings. The van der Waals surface area contributed by atoms with Gasteiger partial charge in [-0.3, -0.25) is 0 Å². The summed E-state index contributed by atoms with van der Waals surface area (Å²) in [5.41, 5.74) is 0. The number of nitrogens with zero attached hydrogens (tertiary/aromatic N) is 4. The maximum atomic E-state index is 12.2. The minimum Gasteiger partial charge on any atom is -0.404 e. The van der Waals surface area contributed by atoms with Gasteiger partial charge < -0.3 is 14.5 Å². The molecule has 0 radical (unpaired) electrons. The minimum atomic E-state index is -4.71. The van der Waals surface area contributed by atoms with Gasteiger partial charge in [-0.1, -0.05) is 11.6 Å². The van der Waals surface area contributed by atoms with Crippen molar-refractivity contribution in [2.75, 3.05) is 36.0 Å². The molecule has 0 atom stereocenters. The van der Waals surface area contributed by atoms with Crippen molar-refractivity contribution in [3.05, 3.63) is 41.7 Å². The predicted octanol–water partition coefficient (Wildman–Crippen LogP) is 3.36. The fraction of sp³-hybridized carbons (Fsp3) is 0.333. The molecule has 2 aromatic rings. The van der Waals surface area contributed by atoms with Crippen LogP contribution in [0.15, 0.2) is 36.7 Å². The number of piperazine rings is 1. The average Bonchev–Trinajstić information content (AvgIpc) is 2.55. The Kier molecular flexibility index (Phi) is 4.66. The molecule has 0 amide bonds. The first-order valence-corrected chi connectivity index (χ1v) is 7.62. The summed E-state index contributed by atoms with van der Waals surface area (Å²) in [6.07, 6.45) is -1.95. The van der Waals surface area contributed by atoms with Crippen molar-refractivity contribution in [1.29, 1.82) is 0 Å². The van der Waals surface area contributed by atoms with Gasteiger partial charge in [0.2, 0.25) is 0 Å². The Bertz CT molecular complexity index is 688. The van der Waals surface area contributed by atoms with Gasteiger partial charge in [0.1, 0.15) is 17.4 Å². The Labute approximate surface area is 141 Å². The third kappa shape index (κ3) is 4.00. The molecule has 9 heteroatoms. The average molecular weight is 359 g/mol. The zero-order valence-electron chi connectivity index (χ0n) is 12.5. The molecule has 0 aliphatic carbocycles. The highest BCUT2D eigenvalue weighted by atomic mass is 35.5.